The van der Waals surface area contributed by atoms with Crippen LogP contribution < -0.4 is 5.32 Å². The number of hydrogen-bond acceptors (Lipinski definition) is 3. The first-order valence-corrected chi connectivity index (χ1v) is 9.21. The summed E-state index contributed by atoms with van der Waals surface area (Å²) in [5.74, 6) is 1.01. The zero-order valence-electron chi connectivity index (χ0n) is 12.4. The van der Waals surface area contributed by atoms with Crippen molar-refractivity contribution < 1.29 is 8.42 Å². The van der Waals surface area contributed by atoms with Gasteiger partial charge < -0.3 is 10.2 Å². The molecule has 7 heteroatoms. The summed E-state index contributed by atoms with van der Waals surface area (Å²) < 4.78 is 22.3. The van der Waals surface area contributed by atoms with Crippen LogP contribution in [-0.4, -0.2) is 57.5 Å². The molecule has 0 bridgehead atoms. The molecule has 1 saturated heterocycles. The SMILES string of the molecule is CCNC(=NCCS(C)(=O)=O)N1CCC2(CCC2)C1.I. The average Bonchev–Trinajstić information content (AvgIpc) is 2.71. The monoisotopic (exact) mass is 415 g/mol. The molecule has 0 aromatic heterocycles. The van der Waals surface area contributed by atoms with Gasteiger partial charge in [0.2, 0.25) is 0 Å². The summed E-state index contributed by atoms with van der Waals surface area (Å²) >= 11 is 0. The summed E-state index contributed by atoms with van der Waals surface area (Å²) in [6, 6.07) is 0. The predicted octanol–water partition coefficient (Wildman–Crippen LogP) is 1.49. The molecule has 118 valence electrons. The first-order chi connectivity index (χ1) is 8.94. The molecule has 1 saturated carbocycles. The minimum Gasteiger partial charge on any atom is -0.357 e. The van der Waals surface area contributed by atoms with Gasteiger partial charge in [0, 0.05) is 25.9 Å². The average molecular weight is 415 g/mol. The standard InChI is InChI=1S/C13H25N3O2S.HI/c1-3-14-12(15-8-10-19(2,17)18)16-9-7-13(11-16)5-4-6-13;/h3-11H2,1-2H3,(H,14,15);1H. The van der Waals surface area contributed by atoms with Crippen molar-refractivity contribution in [1.29, 1.82) is 0 Å². The third-order valence-electron chi connectivity index (χ3n) is 4.21. The summed E-state index contributed by atoms with van der Waals surface area (Å²) in [6.45, 7) is 5.34. The molecule has 2 fully saturated rings. The maximum Gasteiger partial charge on any atom is 0.193 e. The van der Waals surface area contributed by atoms with Crippen molar-refractivity contribution in [3.05, 3.63) is 0 Å². The first kappa shape index (κ1) is 18.0. The van der Waals surface area contributed by atoms with Crippen LogP contribution in [0.5, 0.6) is 0 Å². The zero-order valence-corrected chi connectivity index (χ0v) is 15.5. The van der Waals surface area contributed by atoms with Gasteiger partial charge in [-0.3, -0.25) is 4.99 Å². The lowest BCUT2D eigenvalue weighted by Crippen LogP contribution is -2.42. The van der Waals surface area contributed by atoms with Gasteiger partial charge in [0.1, 0.15) is 9.84 Å². The second-order valence-corrected chi connectivity index (χ2v) is 8.15. The Balaban J connectivity index is 0.00000200. The van der Waals surface area contributed by atoms with Crippen LogP contribution in [0, 0.1) is 5.41 Å². The lowest BCUT2D eigenvalue weighted by molar-refractivity contribution is 0.151. The van der Waals surface area contributed by atoms with E-state index in [-0.39, 0.29) is 29.7 Å². The van der Waals surface area contributed by atoms with Gasteiger partial charge in [-0.05, 0) is 31.6 Å². The third kappa shape index (κ3) is 4.75. The van der Waals surface area contributed by atoms with E-state index >= 15 is 0 Å². The smallest absolute Gasteiger partial charge is 0.193 e. The van der Waals surface area contributed by atoms with Gasteiger partial charge >= 0.3 is 0 Å². The molecular formula is C13H26IN3O2S. The molecule has 20 heavy (non-hydrogen) atoms. The molecule has 0 radical (unpaired) electrons. The highest BCUT2D eigenvalue weighted by atomic mass is 127. The number of nitrogens with one attached hydrogen (secondary N) is 1. The first-order valence-electron chi connectivity index (χ1n) is 7.15. The normalized spacial score (nSPS) is 21.5. The fraction of sp³-hybridized carbons (Fsp3) is 0.923. The number of guanidine groups is 1. The molecule has 1 spiro atoms. The molecule has 5 nitrogen and oxygen atoms in total. The van der Waals surface area contributed by atoms with Gasteiger partial charge in [0.25, 0.3) is 0 Å². The van der Waals surface area contributed by atoms with Gasteiger partial charge in [0.05, 0.1) is 12.3 Å². The van der Waals surface area contributed by atoms with E-state index in [1.54, 1.807) is 0 Å². The van der Waals surface area contributed by atoms with Gasteiger partial charge in [-0.2, -0.15) is 0 Å². The molecule has 0 unspecified atom stereocenters. The van der Waals surface area contributed by atoms with E-state index in [2.05, 4.69) is 15.2 Å². The predicted molar refractivity (Wildman–Crippen MR) is 93.6 cm³/mol. The highest BCUT2D eigenvalue weighted by Gasteiger charge is 2.43. The van der Waals surface area contributed by atoms with Crippen LogP contribution in [-0.2, 0) is 9.84 Å². The largest absolute Gasteiger partial charge is 0.357 e. The van der Waals surface area contributed by atoms with Crippen LogP contribution in [0.2, 0.25) is 0 Å². The van der Waals surface area contributed by atoms with Crippen LogP contribution in [0.15, 0.2) is 4.99 Å². The van der Waals surface area contributed by atoms with Crippen LogP contribution in [0.25, 0.3) is 0 Å². The second kappa shape index (κ2) is 7.29. The maximum atomic E-state index is 11.1. The number of likely N-dealkylation sites (tertiary alicyclic amines) is 1. The van der Waals surface area contributed by atoms with Gasteiger partial charge in [-0.25, -0.2) is 8.42 Å². The topological polar surface area (TPSA) is 61.8 Å². The van der Waals surface area contributed by atoms with Crippen LogP contribution in [0.3, 0.4) is 0 Å². The number of aliphatic imine (C=N–C) groups is 1. The van der Waals surface area contributed by atoms with Crippen LogP contribution >= 0.6 is 24.0 Å². The lowest BCUT2D eigenvalue weighted by atomic mass is 9.68. The Bertz CT molecular complexity index is 447. The maximum absolute atomic E-state index is 11.1. The summed E-state index contributed by atoms with van der Waals surface area (Å²) in [5, 5.41) is 3.28. The number of hydrogen-bond donors (Lipinski definition) is 1. The Morgan fingerprint density at radius 1 is 1.35 bits per heavy atom. The van der Waals surface area contributed by atoms with Gasteiger partial charge in [-0.15, -0.1) is 24.0 Å². The van der Waals surface area contributed by atoms with Crippen molar-refractivity contribution in [2.24, 2.45) is 10.4 Å². The highest BCUT2D eigenvalue weighted by molar-refractivity contribution is 14.0. The van der Waals surface area contributed by atoms with Gasteiger partial charge in [-0.1, -0.05) is 6.42 Å². The van der Waals surface area contributed by atoms with Crippen molar-refractivity contribution in [3.63, 3.8) is 0 Å². The molecule has 2 aliphatic rings. The van der Waals surface area contributed by atoms with E-state index < -0.39 is 9.84 Å². The van der Waals surface area contributed by atoms with E-state index in [9.17, 15) is 8.42 Å². The van der Waals surface area contributed by atoms with Gasteiger partial charge in [0.15, 0.2) is 5.96 Å². The summed E-state index contributed by atoms with van der Waals surface area (Å²) in [7, 11) is -2.93. The Morgan fingerprint density at radius 3 is 2.50 bits per heavy atom. The van der Waals surface area contributed by atoms with E-state index in [0.717, 1.165) is 25.6 Å². The zero-order chi connectivity index (χ0) is 13.9. The lowest BCUT2D eigenvalue weighted by Gasteiger charge is -2.38. The third-order valence-corrected chi connectivity index (χ3v) is 5.13. The Labute approximate surface area is 139 Å². The molecule has 0 atom stereocenters. The molecule has 0 amide bonds. The van der Waals surface area contributed by atoms with Crippen LogP contribution in [0.4, 0.5) is 0 Å². The minimum atomic E-state index is -2.93. The molecule has 1 N–H and O–H groups in total. The Morgan fingerprint density at radius 2 is 2.05 bits per heavy atom. The van der Waals surface area contributed by atoms with Crippen molar-refractivity contribution >= 4 is 39.8 Å². The molecule has 1 aliphatic carbocycles. The van der Waals surface area contributed by atoms with E-state index in [0.29, 0.717) is 12.0 Å². The number of nitrogens with zero attached hydrogens (tertiary/aromatic N) is 2. The molecule has 1 heterocycles. The molecule has 2 rings (SSSR count). The van der Waals surface area contributed by atoms with E-state index in [1.165, 1.54) is 31.9 Å². The number of sulfone groups is 1. The number of rotatable bonds is 4. The van der Waals surface area contributed by atoms with E-state index in [1.807, 2.05) is 6.92 Å². The van der Waals surface area contributed by atoms with Crippen molar-refractivity contribution in [3.8, 4) is 0 Å². The molecule has 0 aromatic carbocycles. The summed E-state index contributed by atoms with van der Waals surface area (Å²) in [6.07, 6.45) is 6.55. The summed E-state index contributed by atoms with van der Waals surface area (Å²) in [5.41, 5.74) is 0.535. The Hall–Kier alpha value is -0.0500. The quantitative estimate of drug-likeness (QED) is 0.430. The molecule has 0 aromatic rings. The molecular weight excluding hydrogens is 389 g/mol. The number of halogens is 1. The Kier molecular flexibility index (Phi) is 6.56. The van der Waals surface area contributed by atoms with Crippen molar-refractivity contribution in [2.75, 3.05) is 38.2 Å². The van der Waals surface area contributed by atoms with Crippen molar-refractivity contribution in [2.45, 2.75) is 32.6 Å². The fourth-order valence-corrected chi connectivity index (χ4v) is 3.37. The fourth-order valence-electron chi connectivity index (χ4n) is 2.94. The second-order valence-electron chi connectivity index (χ2n) is 5.89. The molecule has 1 aliphatic heterocycles. The van der Waals surface area contributed by atoms with Crippen LogP contribution in [0.1, 0.15) is 32.6 Å². The van der Waals surface area contributed by atoms with E-state index in [4.69, 9.17) is 0 Å². The summed E-state index contributed by atoms with van der Waals surface area (Å²) in [4.78, 5) is 6.75. The van der Waals surface area contributed by atoms with Crippen molar-refractivity contribution in [1.82, 2.24) is 10.2 Å². The highest BCUT2D eigenvalue weighted by Crippen LogP contribution is 2.47. The minimum absolute atomic E-state index is 0.